The number of carbonyl (C=O) groups excluding carboxylic acids is 1. The maximum Gasteiger partial charge on any atom is 0.255 e. The van der Waals surface area contributed by atoms with Crippen LogP contribution in [0.25, 0.3) is 0 Å². The van der Waals surface area contributed by atoms with Gasteiger partial charge in [0.25, 0.3) is 5.91 Å². The van der Waals surface area contributed by atoms with Crippen LogP contribution in [0.2, 0.25) is 0 Å². The highest BCUT2D eigenvalue weighted by Crippen LogP contribution is 2.19. The fourth-order valence-corrected chi connectivity index (χ4v) is 4.12. The maximum atomic E-state index is 11.7. The quantitative estimate of drug-likeness (QED) is 0.750. The number of amides is 1. The summed E-state index contributed by atoms with van der Waals surface area (Å²) in [6.07, 6.45) is 1.51. The predicted octanol–water partition coefficient (Wildman–Crippen LogP) is 0.218. The Morgan fingerprint density at radius 1 is 1.33 bits per heavy atom. The summed E-state index contributed by atoms with van der Waals surface area (Å²) in [5.41, 5.74) is 6.02. The van der Waals surface area contributed by atoms with Crippen molar-refractivity contribution in [3.63, 3.8) is 0 Å². The zero-order chi connectivity index (χ0) is 15.3. The molecule has 1 aromatic rings. The summed E-state index contributed by atoms with van der Waals surface area (Å²) in [5.74, 6) is 0.375. The van der Waals surface area contributed by atoms with Gasteiger partial charge in [-0.3, -0.25) is 4.79 Å². The summed E-state index contributed by atoms with van der Waals surface area (Å²) in [5, 5.41) is 2.92. The van der Waals surface area contributed by atoms with Gasteiger partial charge in [0.15, 0.2) is 16.4 Å². The Bertz CT molecular complexity index is 583. The van der Waals surface area contributed by atoms with Crippen LogP contribution in [-0.2, 0) is 21.2 Å². The highest BCUT2D eigenvalue weighted by atomic mass is 32.2. The fourth-order valence-electron chi connectivity index (χ4n) is 2.32. The van der Waals surface area contributed by atoms with E-state index in [2.05, 4.69) is 5.32 Å². The largest absolute Gasteiger partial charge is 0.484 e. The predicted molar refractivity (Wildman–Crippen MR) is 79.6 cm³/mol. The van der Waals surface area contributed by atoms with Crippen molar-refractivity contribution in [3.8, 4) is 5.75 Å². The van der Waals surface area contributed by atoms with E-state index >= 15 is 0 Å². The molecule has 1 amide bonds. The molecule has 0 radical (unpaired) electrons. The lowest BCUT2D eigenvalue weighted by Crippen LogP contribution is -2.30. The number of sulfone groups is 1. The molecule has 0 aromatic heterocycles. The number of hydrogen-bond acceptors (Lipinski definition) is 5. The van der Waals surface area contributed by atoms with Crippen molar-refractivity contribution in [2.24, 2.45) is 5.73 Å². The van der Waals surface area contributed by atoms with Crippen molar-refractivity contribution in [2.75, 3.05) is 18.9 Å². The van der Waals surface area contributed by atoms with Crippen LogP contribution in [0.1, 0.15) is 18.4 Å². The van der Waals surface area contributed by atoms with Gasteiger partial charge in [0.2, 0.25) is 0 Å². The van der Waals surface area contributed by atoms with E-state index in [1.54, 1.807) is 12.1 Å². The van der Waals surface area contributed by atoms with Gasteiger partial charge in [-0.15, -0.1) is 0 Å². The molecule has 21 heavy (non-hydrogen) atoms. The minimum absolute atomic E-state index is 0.142. The molecule has 6 nitrogen and oxygen atoms in total. The Morgan fingerprint density at radius 2 is 2.05 bits per heavy atom. The van der Waals surface area contributed by atoms with E-state index in [1.807, 2.05) is 12.1 Å². The number of rotatable bonds is 7. The topological polar surface area (TPSA) is 98.5 Å². The summed E-state index contributed by atoms with van der Waals surface area (Å²) >= 11 is 0. The van der Waals surface area contributed by atoms with Gasteiger partial charge < -0.3 is 15.8 Å². The molecule has 1 unspecified atom stereocenters. The SMILES string of the molecule is NC(=O)COc1ccc(CNCC2CCCS2(=O)=O)cc1. The Morgan fingerprint density at radius 3 is 2.62 bits per heavy atom. The molecule has 0 spiro atoms. The second kappa shape index (κ2) is 6.91. The number of nitrogens with two attached hydrogens (primary N) is 1. The van der Waals surface area contributed by atoms with Crippen LogP contribution in [0.4, 0.5) is 0 Å². The number of benzene rings is 1. The lowest BCUT2D eigenvalue weighted by molar-refractivity contribution is -0.119. The molecule has 1 aromatic carbocycles. The van der Waals surface area contributed by atoms with Gasteiger partial charge in [0.05, 0.1) is 11.0 Å². The van der Waals surface area contributed by atoms with Crippen molar-refractivity contribution in [2.45, 2.75) is 24.6 Å². The van der Waals surface area contributed by atoms with Crippen LogP contribution in [0, 0.1) is 0 Å². The number of carbonyl (C=O) groups is 1. The highest BCUT2D eigenvalue weighted by molar-refractivity contribution is 7.92. The highest BCUT2D eigenvalue weighted by Gasteiger charge is 2.30. The fraction of sp³-hybridized carbons (Fsp3) is 0.500. The van der Waals surface area contributed by atoms with Gasteiger partial charge in [0.1, 0.15) is 5.75 Å². The Labute approximate surface area is 124 Å². The van der Waals surface area contributed by atoms with Crippen LogP contribution in [0.3, 0.4) is 0 Å². The minimum Gasteiger partial charge on any atom is -0.484 e. The Hall–Kier alpha value is -1.60. The minimum atomic E-state index is -2.89. The lowest BCUT2D eigenvalue weighted by atomic mass is 10.2. The van der Waals surface area contributed by atoms with Crippen molar-refractivity contribution < 1.29 is 17.9 Å². The summed E-state index contributed by atoms with van der Waals surface area (Å²) in [6, 6.07) is 7.25. The van der Waals surface area contributed by atoms with Crippen LogP contribution >= 0.6 is 0 Å². The van der Waals surface area contributed by atoms with Gasteiger partial charge in [-0.2, -0.15) is 0 Å². The first kappa shape index (κ1) is 15.8. The molecule has 3 N–H and O–H groups in total. The van der Waals surface area contributed by atoms with Crippen molar-refractivity contribution in [1.82, 2.24) is 5.32 Å². The summed E-state index contributed by atoms with van der Waals surface area (Å²) in [4.78, 5) is 10.6. The molecule has 1 atom stereocenters. The molecule has 1 saturated heterocycles. The Kier molecular flexibility index (Phi) is 5.19. The van der Waals surface area contributed by atoms with E-state index in [4.69, 9.17) is 10.5 Å². The maximum absolute atomic E-state index is 11.7. The smallest absolute Gasteiger partial charge is 0.255 e. The van der Waals surface area contributed by atoms with Crippen LogP contribution in [0.5, 0.6) is 5.75 Å². The molecule has 0 aliphatic carbocycles. The molecule has 1 aliphatic heterocycles. The average molecular weight is 312 g/mol. The van der Waals surface area contributed by atoms with Crippen molar-refractivity contribution >= 4 is 15.7 Å². The van der Waals surface area contributed by atoms with Crippen molar-refractivity contribution in [1.29, 1.82) is 0 Å². The van der Waals surface area contributed by atoms with E-state index in [1.165, 1.54) is 0 Å². The van der Waals surface area contributed by atoms with Crippen molar-refractivity contribution in [3.05, 3.63) is 29.8 Å². The third-order valence-corrected chi connectivity index (χ3v) is 5.74. The second-order valence-electron chi connectivity index (χ2n) is 5.16. The molecular formula is C14H20N2O4S. The standard InChI is InChI=1S/C14H20N2O4S/c15-14(17)10-20-12-5-3-11(4-6-12)8-16-9-13-2-1-7-21(13,18)19/h3-6,13,16H,1-2,7-10H2,(H2,15,17). The lowest BCUT2D eigenvalue weighted by Gasteiger charge is -2.11. The van der Waals surface area contributed by atoms with Gasteiger partial charge in [0, 0.05) is 13.1 Å². The third-order valence-electron chi connectivity index (χ3n) is 3.47. The van der Waals surface area contributed by atoms with Crippen LogP contribution in [-0.4, -0.2) is 38.5 Å². The second-order valence-corrected chi connectivity index (χ2v) is 7.56. The molecule has 1 heterocycles. The van der Waals surface area contributed by atoms with E-state index in [0.29, 0.717) is 24.6 Å². The molecule has 0 bridgehead atoms. The van der Waals surface area contributed by atoms with E-state index < -0.39 is 15.7 Å². The normalized spacial score (nSPS) is 20.3. The van der Waals surface area contributed by atoms with E-state index in [0.717, 1.165) is 18.4 Å². The molecule has 2 rings (SSSR count). The number of nitrogens with one attached hydrogen (secondary N) is 1. The van der Waals surface area contributed by atoms with Crippen LogP contribution < -0.4 is 15.8 Å². The first-order valence-electron chi connectivity index (χ1n) is 6.90. The number of hydrogen-bond donors (Lipinski definition) is 2. The average Bonchev–Trinajstić information content (AvgIpc) is 2.77. The first-order valence-corrected chi connectivity index (χ1v) is 8.61. The monoisotopic (exact) mass is 312 g/mol. The number of primary amides is 1. The van der Waals surface area contributed by atoms with Gasteiger partial charge in [-0.25, -0.2) is 8.42 Å². The zero-order valence-corrected chi connectivity index (χ0v) is 12.6. The van der Waals surface area contributed by atoms with Gasteiger partial charge >= 0.3 is 0 Å². The zero-order valence-electron chi connectivity index (χ0n) is 11.7. The molecule has 1 aliphatic rings. The molecule has 0 saturated carbocycles. The van der Waals surface area contributed by atoms with E-state index in [9.17, 15) is 13.2 Å². The third kappa shape index (κ3) is 4.71. The molecule has 1 fully saturated rings. The van der Waals surface area contributed by atoms with E-state index in [-0.39, 0.29) is 11.9 Å². The summed E-state index contributed by atoms with van der Waals surface area (Å²) in [6.45, 7) is 0.946. The molecule has 7 heteroatoms. The molecular weight excluding hydrogens is 292 g/mol. The Balaban J connectivity index is 1.77. The van der Waals surface area contributed by atoms with Crippen LogP contribution in [0.15, 0.2) is 24.3 Å². The number of ether oxygens (including phenoxy) is 1. The summed E-state index contributed by atoms with van der Waals surface area (Å²) < 4.78 is 28.5. The van der Waals surface area contributed by atoms with Gasteiger partial charge in [-0.05, 0) is 30.5 Å². The summed E-state index contributed by atoms with van der Waals surface area (Å²) in [7, 11) is -2.89. The van der Waals surface area contributed by atoms with Gasteiger partial charge in [-0.1, -0.05) is 12.1 Å². The first-order chi connectivity index (χ1) is 9.97. The molecule has 116 valence electrons.